The van der Waals surface area contributed by atoms with Crippen LogP contribution in [0.1, 0.15) is 27.8 Å². The molecule has 9 heteroatoms. The van der Waals surface area contributed by atoms with Crippen LogP contribution in [0, 0.1) is 0 Å². The predicted molar refractivity (Wildman–Crippen MR) is 123 cm³/mol. The molecule has 6 nitrogen and oxygen atoms in total. The minimum absolute atomic E-state index is 0.0992. The van der Waals surface area contributed by atoms with Gasteiger partial charge in [-0.05, 0) is 18.2 Å². The zero-order valence-electron chi connectivity index (χ0n) is 18.1. The molecule has 2 aromatic heterocycles. The molecule has 5 aromatic rings. The summed E-state index contributed by atoms with van der Waals surface area (Å²) in [5, 5.41) is 0.648. The molecule has 0 bridgehead atoms. The molecule has 5 rings (SSSR count). The van der Waals surface area contributed by atoms with E-state index in [0.29, 0.717) is 16.5 Å². The van der Waals surface area contributed by atoms with Gasteiger partial charge in [-0.25, -0.2) is 4.98 Å². The average Bonchev–Trinajstić information content (AvgIpc) is 3.45. The third kappa shape index (κ3) is 4.28. The normalized spacial score (nSPS) is 12.7. The van der Waals surface area contributed by atoms with Gasteiger partial charge in [0.2, 0.25) is 11.6 Å². The number of rotatable bonds is 6. The van der Waals surface area contributed by atoms with Crippen LogP contribution in [0.5, 0.6) is 0 Å². The van der Waals surface area contributed by atoms with Gasteiger partial charge in [0.25, 0.3) is 0 Å². The molecule has 2 heterocycles. The van der Waals surface area contributed by atoms with Crippen LogP contribution in [0.15, 0.2) is 85.1 Å². The average molecular weight is 477 g/mol. The maximum atomic E-state index is 13.6. The summed E-state index contributed by atoms with van der Waals surface area (Å²) >= 11 is 0. The Balaban J connectivity index is 1.50. The minimum Gasteiger partial charge on any atom is -0.448 e. The lowest BCUT2D eigenvalue weighted by atomic mass is 9.99. The minimum atomic E-state index is -4.78. The lowest BCUT2D eigenvalue weighted by Gasteiger charge is -2.18. The molecule has 0 aliphatic carbocycles. The SMILES string of the molecule is O=C(Cn1c(C(F)(F)F)nc2ccccc21)OC(C(=O)c1c[nH]c2ccccc12)c1ccccc1. The molecule has 176 valence electrons. The van der Waals surface area contributed by atoms with Crippen LogP contribution in [0.3, 0.4) is 0 Å². The van der Waals surface area contributed by atoms with Gasteiger partial charge in [0.15, 0.2) is 6.10 Å². The van der Waals surface area contributed by atoms with Crippen molar-refractivity contribution in [3.05, 3.63) is 102 Å². The van der Waals surface area contributed by atoms with E-state index in [9.17, 15) is 22.8 Å². The number of nitrogens with one attached hydrogen (secondary N) is 1. The van der Waals surface area contributed by atoms with Crippen molar-refractivity contribution in [1.29, 1.82) is 0 Å². The summed E-state index contributed by atoms with van der Waals surface area (Å²) in [7, 11) is 0. The lowest BCUT2D eigenvalue weighted by Crippen LogP contribution is -2.25. The van der Waals surface area contributed by atoms with Crippen molar-refractivity contribution >= 4 is 33.7 Å². The van der Waals surface area contributed by atoms with Gasteiger partial charge in [0.1, 0.15) is 6.54 Å². The molecule has 35 heavy (non-hydrogen) atoms. The molecule has 0 amide bonds. The maximum Gasteiger partial charge on any atom is 0.449 e. The van der Waals surface area contributed by atoms with Gasteiger partial charge >= 0.3 is 12.1 Å². The highest BCUT2D eigenvalue weighted by Gasteiger charge is 2.38. The van der Waals surface area contributed by atoms with E-state index in [4.69, 9.17) is 4.74 Å². The van der Waals surface area contributed by atoms with Crippen molar-refractivity contribution < 1.29 is 27.5 Å². The predicted octanol–water partition coefficient (Wildman–Crippen LogP) is 5.70. The van der Waals surface area contributed by atoms with Crippen molar-refractivity contribution in [2.45, 2.75) is 18.8 Å². The van der Waals surface area contributed by atoms with Gasteiger partial charge in [-0.15, -0.1) is 0 Å². The Morgan fingerprint density at radius 1 is 0.943 bits per heavy atom. The van der Waals surface area contributed by atoms with Crippen LogP contribution in [-0.4, -0.2) is 26.3 Å². The Morgan fingerprint density at radius 3 is 2.40 bits per heavy atom. The van der Waals surface area contributed by atoms with E-state index in [2.05, 4.69) is 9.97 Å². The second-order valence-electron chi connectivity index (χ2n) is 7.90. The first-order chi connectivity index (χ1) is 16.8. The van der Waals surface area contributed by atoms with Crippen molar-refractivity contribution in [3.63, 3.8) is 0 Å². The van der Waals surface area contributed by atoms with E-state index < -0.39 is 36.4 Å². The number of aromatic nitrogens is 3. The number of hydrogen-bond acceptors (Lipinski definition) is 4. The van der Waals surface area contributed by atoms with Crippen molar-refractivity contribution in [2.24, 2.45) is 0 Å². The fourth-order valence-electron chi connectivity index (χ4n) is 4.07. The summed E-state index contributed by atoms with van der Waals surface area (Å²) in [6.45, 7) is -0.764. The van der Waals surface area contributed by atoms with Crippen LogP contribution >= 0.6 is 0 Å². The molecule has 1 atom stereocenters. The van der Waals surface area contributed by atoms with Crippen LogP contribution in [0.25, 0.3) is 21.9 Å². The summed E-state index contributed by atoms with van der Waals surface area (Å²) in [5.41, 5.74) is 1.68. The van der Waals surface area contributed by atoms with Crippen molar-refractivity contribution in [3.8, 4) is 0 Å². The number of halogens is 3. The summed E-state index contributed by atoms with van der Waals surface area (Å²) in [6.07, 6.45) is -4.59. The van der Waals surface area contributed by atoms with E-state index in [1.807, 2.05) is 6.07 Å². The molecule has 0 saturated carbocycles. The van der Waals surface area contributed by atoms with E-state index in [-0.39, 0.29) is 11.0 Å². The van der Waals surface area contributed by atoms with Gasteiger partial charge in [0, 0.05) is 28.2 Å². The number of esters is 1. The molecule has 1 unspecified atom stereocenters. The Labute approximate surface area is 197 Å². The molecular formula is C26H18F3N3O3. The van der Waals surface area contributed by atoms with Gasteiger partial charge in [-0.3, -0.25) is 9.59 Å². The number of carbonyl (C=O) groups is 2. The highest BCUT2D eigenvalue weighted by molar-refractivity contribution is 6.10. The number of alkyl halides is 3. The largest absolute Gasteiger partial charge is 0.449 e. The van der Waals surface area contributed by atoms with Crippen LogP contribution < -0.4 is 0 Å². The number of para-hydroxylation sites is 3. The Bertz CT molecular complexity index is 1540. The Hall–Kier alpha value is -4.40. The van der Waals surface area contributed by atoms with Gasteiger partial charge < -0.3 is 14.3 Å². The summed E-state index contributed by atoms with van der Waals surface area (Å²) in [6, 6.07) is 21.5. The van der Waals surface area contributed by atoms with Crippen LogP contribution in [-0.2, 0) is 22.3 Å². The summed E-state index contributed by atoms with van der Waals surface area (Å²) in [5.74, 6) is -2.70. The number of Topliss-reactive ketones (excluding diaryl/α,β-unsaturated/α-hetero) is 1. The highest BCUT2D eigenvalue weighted by Crippen LogP contribution is 2.32. The molecule has 0 spiro atoms. The number of imidazole rings is 1. The standard InChI is InChI=1S/C26H18F3N3O3/c27-26(28,29)25-31-20-12-6-7-13-21(20)32(25)15-22(33)35-24(16-8-2-1-3-9-16)23(34)18-14-30-19-11-5-4-10-17(18)19/h1-14,24,30H,15H2. The molecule has 0 radical (unpaired) electrons. The monoisotopic (exact) mass is 477 g/mol. The second-order valence-corrected chi connectivity index (χ2v) is 7.90. The zero-order chi connectivity index (χ0) is 24.6. The van der Waals surface area contributed by atoms with Crippen molar-refractivity contribution in [2.75, 3.05) is 0 Å². The third-order valence-corrected chi connectivity index (χ3v) is 5.64. The van der Waals surface area contributed by atoms with Crippen LogP contribution in [0.2, 0.25) is 0 Å². The molecule has 0 aliphatic heterocycles. The first-order valence-corrected chi connectivity index (χ1v) is 10.7. The number of benzene rings is 3. The van der Waals surface area contributed by atoms with Gasteiger partial charge in [0.05, 0.1) is 11.0 Å². The second kappa shape index (κ2) is 8.75. The number of aromatic amines is 1. The molecule has 0 fully saturated rings. The first kappa shape index (κ1) is 22.4. The quantitative estimate of drug-likeness (QED) is 0.251. The topological polar surface area (TPSA) is 77.0 Å². The highest BCUT2D eigenvalue weighted by atomic mass is 19.4. The number of nitrogens with zero attached hydrogens (tertiary/aromatic N) is 2. The first-order valence-electron chi connectivity index (χ1n) is 10.7. The lowest BCUT2D eigenvalue weighted by molar-refractivity contribution is -0.152. The number of fused-ring (bicyclic) bond motifs is 2. The third-order valence-electron chi connectivity index (χ3n) is 5.64. The number of ketones is 1. The van der Waals surface area contributed by atoms with E-state index in [1.165, 1.54) is 18.3 Å². The molecular weight excluding hydrogens is 459 g/mol. The fourth-order valence-corrected chi connectivity index (χ4v) is 4.07. The molecule has 0 saturated heterocycles. The summed E-state index contributed by atoms with van der Waals surface area (Å²) in [4.78, 5) is 33.1. The summed E-state index contributed by atoms with van der Waals surface area (Å²) < 4.78 is 47.2. The smallest absolute Gasteiger partial charge is 0.448 e. The maximum absolute atomic E-state index is 13.6. The molecule has 0 aliphatic rings. The number of carbonyl (C=O) groups excluding carboxylic acids is 2. The fraction of sp³-hybridized carbons (Fsp3) is 0.115. The van der Waals surface area contributed by atoms with E-state index in [1.54, 1.807) is 60.7 Å². The van der Waals surface area contributed by atoms with E-state index >= 15 is 0 Å². The van der Waals surface area contributed by atoms with Gasteiger partial charge in [-0.2, -0.15) is 13.2 Å². The Kier molecular flexibility index (Phi) is 5.60. The Morgan fingerprint density at radius 2 is 1.63 bits per heavy atom. The number of hydrogen-bond donors (Lipinski definition) is 1. The van der Waals surface area contributed by atoms with Crippen LogP contribution in [0.4, 0.5) is 13.2 Å². The number of ether oxygens (including phenoxy) is 1. The van der Waals surface area contributed by atoms with Gasteiger partial charge in [-0.1, -0.05) is 60.7 Å². The molecule has 3 aromatic carbocycles. The van der Waals surface area contributed by atoms with Crippen molar-refractivity contribution in [1.82, 2.24) is 14.5 Å². The zero-order valence-corrected chi connectivity index (χ0v) is 18.1. The molecule has 1 N–H and O–H groups in total. The van der Waals surface area contributed by atoms with E-state index in [0.717, 1.165) is 10.1 Å². The number of H-pyrrole nitrogens is 1.